The molecule has 2 N–H and O–H groups in total. The van der Waals surface area contributed by atoms with E-state index in [1.807, 2.05) is 30.3 Å². The topological polar surface area (TPSA) is 53.5 Å². The number of alkyl halides is 3. The lowest BCUT2D eigenvalue weighted by Gasteiger charge is -2.12. The summed E-state index contributed by atoms with van der Waals surface area (Å²) < 4.78 is 49.8. The number of aliphatic imine (C=N–C) groups is 1. The minimum Gasteiger partial charge on any atom is -0.355 e. The Morgan fingerprint density at radius 2 is 1.69 bits per heavy atom. The summed E-state index contributed by atoms with van der Waals surface area (Å²) in [6, 6.07) is 14.1. The van der Waals surface area contributed by atoms with Crippen LogP contribution in [0.2, 0.25) is 0 Å². The van der Waals surface area contributed by atoms with Gasteiger partial charge in [0.1, 0.15) is 0 Å². The molecule has 140 valence electrons. The summed E-state index contributed by atoms with van der Waals surface area (Å²) in [7, 11) is 0.489. The molecule has 2 aromatic rings. The van der Waals surface area contributed by atoms with E-state index in [1.54, 1.807) is 7.05 Å². The van der Waals surface area contributed by atoms with Gasteiger partial charge >= 0.3 is 6.18 Å². The first-order valence-corrected chi connectivity index (χ1v) is 9.26. The zero-order chi connectivity index (χ0) is 19.0. The van der Waals surface area contributed by atoms with Crippen LogP contribution in [0.15, 0.2) is 64.5 Å². The molecule has 1 atom stereocenters. The van der Waals surface area contributed by atoms with Crippen molar-refractivity contribution in [3.63, 3.8) is 0 Å². The van der Waals surface area contributed by atoms with Crippen LogP contribution in [-0.4, -0.2) is 29.5 Å². The van der Waals surface area contributed by atoms with E-state index in [0.29, 0.717) is 30.4 Å². The highest BCUT2D eigenvalue weighted by molar-refractivity contribution is 7.85. The van der Waals surface area contributed by atoms with E-state index >= 15 is 0 Å². The quantitative estimate of drug-likeness (QED) is 0.595. The van der Waals surface area contributed by atoms with E-state index in [9.17, 15) is 17.4 Å². The fourth-order valence-electron chi connectivity index (χ4n) is 2.17. The number of hydrogen-bond donors (Lipinski definition) is 2. The summed E-state index contributed by atoms with van der Waals surface area (Å²) in [5.41, 5.74) is 0.0287. The summed E-state index contributed by atoms with van der Waals surface area (Å²) in [5.74, 6) is 0.917. The van der Waals surface area contributed by atoms with E-state index in [2.05, 4.69) is 15.6 Å². The molecule has 0 heterocycles. The summed E-state index contributed by atoms with van der Waals surface area (Å²) in [6.45, 7) is 0.785. The van der Waals surface area contributed by atoms with Gasteiger partial charge in [-0.2, -0.15) is 13.2 Å². The fraction of sp³-hybridized carbons (Fsp3) is 0.278. The van der Waals surface area contributed by atoms with Crippen molar-refractivity contribution in [2.45, 2.75) is 17.6 Å². The summed E-state index contributed by atoms with van der Waals surface area (Å²) >= 11 is 0. The highest BCUT2D eigenvalue weighted by atomic mass is 32.2. The fourth-order valence-corrected chi connectivity index (χ4v) is 3.15. The molecular weight excluding hydrogens is 363 g/mol. The van der Waals surface area contributed by atoms with Gasteiger partial charge < -0.3 is 10.6 Å². The number of benzene rings is 2. The van der Waals surface area contributed by atoms with E-state index < -0.39 is 22.5 Å². The van der Waals surface area contributed by atoms with Crippen molar-refractivity contribution in [2.75, 3.05) is 19.3 Å². The Bertz CT molecular complexity index is 747. The normalized spacial score (nSPS) is 13.3. The van der Waals surface area contributed by atoms with Crippen LogP contribution in [0.3, 0.4) is 0 Å². The van der Waals surface area contributed by atoms with Crippen molar-refractivity contribution >= 4 is 16.8 Å². The van der Waals surface area contributed by atoms with E-state index in [1.165, 1.54) is 12.1 Å². The minimum absolute atomic E-state index is 0.333. The summed E-state index contributed by atoms with van der Waals surface area (Å²) in [4.78, 5) is 4.81. The lowest BCUT2D eigenvalue weighted by molar-refractivity contribution is -0.137. The highest BCUT2D eigenvalue weighted by Gasteiger charge is 2.29. The van der Waals surface area contributed by atoms with Crippen LogP contribution in [0.4, 0.5) is 13.2 Å². The zero-order valence-electron chi connectivity index (χ0n) is 14.2. The van der Waals surface area contributed by atoms with E-state index in [0.717, 1.165) is 17.0 Å². The number of halogens is 3. The number of nitrogens with one attached hydrogen (secondary N) is 2. The van der Waals surface area contributed by atoms with Crippen molar-refractivity contribution in [3.05, 3.63) is 65.7 Å². The predicted molar refractivity (Wildman–Crippen MR) is 97.4 cm³/mol. The SMILES string of the molecule is CN=C(NCCS(=O)c1ccccc1)NCc1ccc(C(F)(F)F)cc1. The smallest absolute Gasteiger partial charge is 0.355 e. The molecule has 0 radical (unpaired) electrons. The van der Waals surface area contributed by atoms with Gasteiger partial charge in [-0.15, -0.1) is 0 Å². The molecule has 0 aromatic heterocycles. The zero-order valence-corrected chi connectivity index (χ0v) is 15.0. The van der Waals surface area contributed by atoms with E-state index in [-0.39, 0.29) is 0 Å². The van der Waals surface area contributed by atoms with Crippen LogP contribution < -0.4 is 10.6 Å². The lowest BCUT2D eigenvalue weighted by atomic mass is 10.1. The average molecular weight is 383 g/mol. The Labute approximate surface area is 153 Å². The maximum atomic E-state index is 12.5. The van der Waals surface area contributed by atoms with Gasteiger partial charge in [0.25, 0.3) is 0 Å². The van der Waals surface area contributed by atoms with Gasteiger partial charge in [0, 0.05) is 30.8 Å². The first-order chi connectivity index (χ1) is 12.4. The first kappa shape index (κ1) is 20.0. The summed E-state index contributed by atoms with van der Waals surface area (Å²) in [5, 5.41) is 6.06. The van der Waals surface area contributed by atoms with Gasteiger partial charge in [0.15, 0.2) is 5.96 Å². The first-order valence-electron chi connectivity index (χ1n) is 7.94. The van der Waals surface area contributed by atoms with Crippen LogP contribution >= 0.6 is 0 Å². The second-order valence-electron chi connectivity index (χ2n) is 5.41. The molecule has 4 nitrogen and oxygen atoms in total. The molecule has 8 heteroatoms. The maximum Gasteiger partial charge on any atom is 0.416 e. The molecule has 26 heavy (non-hydrogen) atoms. The van der Waals surface area contributed by atoms with Crippen molar-refractivity contribution in [1.29, 1.82) is 0 Å². The van der Waals surface area contributed by atoms with Crippen LogP contribution in [-0.2, 0) is 23.5 Å². The van der Waals surface area contributed by atoms with Crippen molar-refractivity contribution in [1.82, 2.24) is 10.6 Å². The lowest BCUT2D eigenvalue weighted by Crippen LogP contribution is -2.38. The number of hydrogen-bond acceptors (Lipinski definition) is 2. The molecular formula is C18H20F3N3OS. The molecule has 0 bridgehead atoms. The van der Waals surface area contributed by atoms with Crippen LogP contribution in [0.1, 0.15) is 11.1 Å². The van der Waals surface area contributed by atoms with E-state index in [4.69, 9.17) is 0 Å². The van der Waals surface area contributed by atoms with Crippen molar-refractivity contribution in [2.24, 2.45) is 4.99 Å². The van der Waals surface area contributed by atoms with Gasteiger partial charge in [-0.05, 0) is 29.8 Å². The molecule has 2 aromatic carbocycles. The Morgan fingerprint density at radius 3 is 2.27 bits per heavy atom. The van der Waals surface area contributed by atoms with Gasteiger partial charge in [-0.1, -0.05) is 30.3 Å². The predicted octanol–water partition coefficient (Wildman–Crippen LogP) is 3.18. The van der Waals surface area contributed by atoms with Crippen LogP contribution in [0, 0.1) is 0 Å². The minimum atomic E-state index is -4.34. The van der Waals surface area contributed by atoms with Gasteiger partial charge in [0.2, 0.25) is 0 Å². The third-order valence-electron chi connectivity index (χ3n) is 3.55. The summed E-state index contributed by atoms with van der Waals surface area (Å²) in [6.07, 6.45) is -4.34. The standard InChI is InChI=1S/C18H20F3N3OS/c1-22-17(23-11-12-26(25)16-5-3-2-4-6-16)24-13-14-7-9-15(10-8-14)18(19,20)21/h2-10H,11-13H2,1H3,(H2,22,23,24). The number of nitrogens with zero attached hydrogens (tertiary/aromatic N) is 1. The van der Waals surface area contributed by atoms with Gasteiger partial charge in [-0.3, -0.25) is 9.20 Å². The van der Waals surface area contributed by atoms with Crippen molar-refractivity contribution < 1.29 is 17.4 Å². The molecule has 0 fully saturated rings. The van der Waals surface area contributed by atoms with Gasteiger partial charge in [0.05, 0.1) is 16.4 Å². The Kier molecular flexibility index (Phi) is 7.20. The Morgan fingerprint density at radius 1 is 1.04 bits per heavy atom. The third kappa shape index (κ3) is 6.18. The number of guanidine groups is 1. The highest BCUT2D eigenvalue weighted by Crippen LogP contribution is 2.28. The Balaban J connectivity index is 1.78. The molecule has 0 aliphatic rings. The molecule has 0 aliphatic carbocycles. The molecule has 2 rings (SSSR count). The molecule has 0 saturated carbocycles. The largest absolute Gasteiger partial charge is 0.416 e. The monoisotopic (exact) mass is 383 g/mol. The van der Waals surface area contributed by atoms with Crippen molar-refractivity contribution in [3.8, 4) is 0 Å². The Hall–Kier alpha value is -2.35. The molecule has 0 saturated heterocycles. The molecule has 0 amide bonds. The molecule has 0 spiro atoms. The van der Waals surface area contributed by atoms with Gasteiger partial charge in [-0.25, -0.2) is 0 Å². The average Bonchev–Trinajstić information content (AvgIpc) is 2.64. The molecule has 1 unspecified atom stereocenters. The maximum absolute atomic E-state index is 12.5. The molecule has 0 aliphatic heterocycles. The number of rotatable bonds is 6. The second kappa shape index (κ2) is 9.38. The van der Waals surface area contributed by atoms with Crippen LogP contribution in [0.25, 0.3) is 0 Å². The third-order valence-corrected chi connectivity index (χ3v) is 4.92. The van der Waals surface area contributed by atoms with Crippen LogP contribution in [0.5, 0.6) is 0 Å². The second-order valence-corrected chi connectivity index (χ2v) is 6.98.